The lowest BCUT2D eigenvalue weighted by Gasteiger charge is -2.36. The first-order valence-electron chi connectivity index (χ1n) is 16.1. The summed E-state index contributed by atoms with van der Waals surface area (Å²) in [5.41, 5.74) is 2.28. The van der Waals surface area contributed by atoms with Crippen molar-refractivity contribution in [1.29, 1.82) is 0 Å². The second-order valence-electron chi connectivity index (χ2n) is 12.3. The van der Waals surface area contributed by atoms with E-state index in [-0.39, 0.29) is 55.4 Å². The molecule has 2 N–H and O–H groups in total. The Labute approximate surface area is 272 Å². The number of likely N-dealkylation sites (N-methyl/N-ethyl adjacent to an activating group) is 1. The van der Waals surface area contributed by atoms with E-state index < -0.39 is 6.04 Å². The van der Waals surface area contributed by atoms with Crippen molar-refractivity contribution >= 4 is 23.4 Å². The smallest absolute Gasteiger partial charge is 0.258 e. The Hall–Kier alpha value is -4.21. The van der Waals surface area contributed by atoms with Gasteiger partial charge in [-0.05, 0) is 69.0 Å². The van der Waals surface area contributed by atoms with Gasteiger partial charge in [-0.2, -0.15) is 0 Å². The fourth-order valence-electron chi connectivity index (χ4n) is 5.60. The molecule has 0 aromatic heterocycles. The van der Waals surface area contributed by atoms with Crippen molar-refractivity contribution in [2.45, 2.75) is 64.7 Å². The molecule has 0 radical (unpaired) electrons. The van der Waals surface area contributed by atoms with Gasteiger partial charge in [0, 0.05) is 43.9 Å². The van der Waals surface area contributed by atoms with E-state index in [9.17, 15) is 19.5 Å². The van der Waals surface area contributed by atoms with E-state index >= 15 is 0 Å². The Bertz CT molecular complexity index is 1430. The molecule has 46 heavy (non-hydrogen) atoms. The van der Waals surface area contributed by atoms with E-state index in [1.807, 2.05) is 62.4 Å². The predicted octanol–water partition coefficient (Wildman–Crippen LogP) is 5.44. The molecule has 4 rings (SSSR count). The molecule has 9 nitrogen and oxygen atoms in total. The van der Waals surface area contributed by atoms with Crippen LogP contribution in [0, 0.1) is 5.92 Å². The predicted molar refractivity (Wildman–Crippen MR) is 179 cm³/mol. The van der Waals surface area contributed by atoms with Crippen molar-refractivity contribution in [2.75, 3.05) is 38.7 Å². The van der Waals surface area contributed by atoms with Crippen molar-refractivity contribution in [2.24, 2.45) is 5.92 Å². The maximum Gasteiger partial charge on any atom is 0.258 e. The van der Waals surface area contributed by atoms with Gasteiger partial charge in [0.15, 0.2) is 0 Å². The Morgan fingerprint density at radius 3 is 2.41 bits per heavy atom. The molecular weight excluding hydrogens is 582 g/mol. The van der Waals surface area contributed by atoms with Crippen LogP contribution in [0.3, 0.4) is 0 Å². The largest absolute Gasteiger partial charge is 0.490 e. The van der Waals surface area contributed by atoms with Crippen LogP contribution in [-0.4, -0.2) is 84.2 Å². The molecule has 0 saturated carbocycles. The van der Waals surface area contributed by atoms with E-state index in [0.29, 0.717) is 35.7 Å². The van der Waals surface area contributed by atoms with Crippen LogP contribution in [0.4, 0.5) is 5.69 Å². The minimum absolute atomic E-state index is 0.103. The van der Waals surface area contributed by atoms with Crippen molar-refractivity contribution in [3.05, 3.63) is 95.6 Å². The van der Waals surface area contributed by atoms with Crippen molar-refractivity contribution in [3.8, 4) is 5.75 Å². The summed E-state index contributed by atoms with van der Waals surface area (Å²) in [5.74, 6) is -0.367. The van der Waals surface area contributed by atoms with E-state index in [1.54, 1.807) is 54.1 Å². The number of ether oxygens (including phenoxy) is 2. The number of nitrogens with zero attached hydrogens (tertiary/aromatic N) is 2. The molecule has 3 aromatic rings. The summed E-state index contributed by atoms with van der Waals surface area (Å²) in [6.07, 6.45) is 2.14. The summed E-state index contributed by atoms with van der Waals surface area (Å²) < 4.78 is 12.7. The number of amides is 3. The summed E-state index contributed by atoms with van der Waals surface area (Å²) in [7, 11) is 1.76. The lowest BCUT2D eigenvalue weighted by Crippen LogP contribution is -2.48. The second-order valence-corrected chi connectivity index (χ2v) is 12.3. The fraction of sp³-hybridized carbons (Fsp3) is 0.432. The van der Waals surface area contributed by atoms with Crippen LogP contribution in [0.25, 0.3) is 0 Å². The Balaban J connectivity index is 1.60. The lowest BCUT2D eigenvalue weighted by atomic mass is 10.0. The number of aliphatic hydroxyl groups excluding tert-OH is 1. The van der Waals surface area contributed by atoms with Crippen LogP contribution in [0.2, 0.25) is 0 Å². The number of anilines is 1. The average Bonchev–Trinajstić information content (AvgIpc) is 3.06. The number of fused-ring (bicyclic) bond motifs is 1. The molecule has 4 atom stereocenters. The molecule has 9 heteroatoms. The van der Waals surface area contributed by atoms with Crippen molar-refractivity contribution < 1.29 is 29.0 Å². The molecule has 1 aliphatic rings. The first kappa shape index (κ1) is 34.7. The van der Waals surface area contributed by atoms with Gasteiger partial charge in [-0.15, -0.1) is 0 Å². The number of carbonyl (C=O) groups is 3. The summed E-state index contributed by atoms with van der Waals surface area (Å²) in [4.78, 5) is 43.7. The molecule has 0 fully saturated rings. The molecule has 0 unspecified atom stereocenters. The minimum atomic E-state index is -0.506. The number of carbonyl (C=O) groups excluding carboxylic acids is 3. The highest BCUT2D eigenvalue weighted by Gasteiger charge is 2.31. The van der Waals surface area contributed by atoms with Gasteiger partial charge in [0.05, 0.1) is 36.8 Å². The third kappa shape index (κ3) is 9.64. The molecule has 0 saturated heterocycles. The maximum absolute atomic E-state index is 14.3. The number of rotatable bonds is 8. The SMILES string of the molecule is C[C@@H]1CN([C@H](C)CO)C(=O)c2cc(NC(=O)Cc3ccccc3)ccc2O[C@@H](C)CCCCO[C@@H]1CN(C)C(=O)c1ccccc1. The molecule has 0 aliphatic carbocycles. The summed E-state index contributed by atoms with van der Waals surface area (Å²) in [6.45, 7) is 6.67. The number of hydrogen-bond donors (Lipinski definition) is 2. The van der Waals surface area contributed by atoms with Crippen LogP contribution in [0.5, 0.6) is 5.75 Å². The third-order valence-corrected chi connectivity index (χ3v) is 8.36. The van der Waals surface area contributed by atoms with E-state index in [0.717, 1.165) is 24.8 Å². The number of nitrogens with one attached hydrogen (secondary N) is 1. The topological polar surface area (TPSA) is 108 Å². The molecular formula is C37H47N3O6. The maximum atomic E-state index is 14.3. The first-order chi connectivity index (χ1) is 22.2. The summed E-state index contributed by atoms with van der Waals surface area (Å²) in [5, 5.41) is 13.1. The highest BCUT2D eigenvalue weighted by Crippen LogP contribution is 2.28. The summed E-state index contributed by atoms with van der Waals surface area (Å²) in [6, 6.07) is 23.2. The zero-order chi connectivity index (χ0) is 33.1. The van der Waals surface area contributed by atoms with Gasteiger partial charge < -0.3 is 29.7 Å². The van der Waals surface area contributed by atoms with Crippen LogP contribution < -0.4 is 10.1 Å². The van der Waals surface area contributed by atoms with Crippen LogP contribution >= 0.6 is 0 Å². The quantitative estimate of drug-likeness (QED) is 0.344. The molecule has 3 aromatic carbocycles. The number of benzene rings is 3. The third-order valence-electron chi connectivity index (χ3n) is 8.36. The average molecular weight is 630 g/mol. The van der Waals surface area contributed by atoms with Gasteiger partial charge in [-0.3, -0.25) is 14.4 Å². The zero-order valence-electron chi connectivity index (χ0n) is 27.4. The van der Waals surface area contributed by atoms with Crippen LogP contribution in [0.1, 0.15) is 66.3 Å². The van der Waals surface area contributed by atoms with Gasteiger partial charge in [-0.25, -0.2) is 0 Å². The minimum Gasteiger partial charge on any atom is -0.490 e. The molecule has 1 aliphatic heterocycles. The molecule has 1 heterocycles. The molecule has 246 valence electrons. The first-order valence-corrected chi connectivity index (χ1v) is 16.1. The Morgan fingerprint density at radius 2 is 1.72 bits per heavy atom. The zero-order valence-corrected chi connectivity index (χ0v) is 27.4. The van der Waals surface area contributed by atoms with Gasteiger partial charge in [0.2, 0.25) is 5.91 Å². The summed E-state index contributed by atoms with van der Waals surface area (Å²) >= 11 is 0. The molecule has 3 amide bonds. The Morgan fingerprint density at radius 1 is 1.02 bits per heavy atom. The molecule has 0 spiro atoms. The van der Waals surface area contributed by atoms with E-state index in [2.05, 4.69) is 5.32 Å². The molecule has 0 bridgehead atoms. The number of hydrogen-bond acceptors (Lipinski definition) is 6. The standard InChI is InChI=1S/C37H47N3O6/c1-26-23-40(27(2)25-41)37(44)32-22-31(38-35(42)21-29-14-7-5-8-15-29)18-19-33(32)46-28(3)13-11-12-20-45-34(26)24-39(4)36(43)30-16-9-6-10-17-30/h5-10,14-19,22,26-28,34,41H,11-13,20-21,23-25H2,1-4H3,(H,38,42)/t26-,27-,28+,34-/m1/s1. The lowest BCUT2D eigenvalue weighted by molar-refractivity contribution is -0.115. The highest BCUT2D eigenvalue weighted by atomic mass is 16.5. The van der Waals surface area contributed by atoms with E-state index in [4.69, 9.17) is 9.47 Å². The second kappa shape index (κ2) is 16.9. The van der Waals surface area contributed by atoms with Crippen LogP contribution in [-0.2, 0) is 16.0 Å². The number of aliphatic hydroxyl groups is 1. The van der Waals surface area contributed by atoms with Gasteiger partial charge >= 0.3 is 0 Å². The normalized spacial score (nSPS) is 20.1. The van der Waals surface area contributed by atoms with E-state index in [1.165, 1.54) is 0 Å². The monoisotopic (exact) mass is 629 g/mol. The Kier molecular flexibility index (Phi) is 12.7. The van der Waals surface area contributed by atoms with Crippen molar-refractivity contribution in [1.82, 2.24) is 9.80 Å². The van der Waals surface area contributed by atoms with Gasteiger partial charge in [-0.1, -0.05) is 55.5 Å². The van der Waals surface area contributed by atoms with Crippen LogP contribution in [0.15, 0.2) is 78.9 Å². The fourth-order valence-corrected chi connectivity index (χ4v) is 5.60. The van der Waals surface area contributed by atoms with Gasteiger partial charge in [0.1, 0.15) is 5.75 Å². The highest BCUT2D eigenvalue weighted by molar-refractivity contribution is 6.00. The van der Waals surface area contributed by atoms with Gasteiger partial charge in [0.25, 0.3) is 11.8 Å². The van der Waals surface area contributed by atoms with Crippen molar-refractivity contribution in [3.63, 3.8) is 0 Å².